The Kier molecular flexibility index (Phi) is 3.57. The number of halogens is 1. The molecule has 1 atom stereocenters. The molecule has 0 spiro atoms. The lowest BCUT2D eigenvalue weighted by Crippen LogP contribution is -2.25. The van der Waals surface area contributed by atoms with Crippen molar-refractivity contribution in [3.05, 3.63) is 18.2 Å². The number of benzene rings is 1. The Morgan fingerprint density at radius 2 is 1.88 bits per heavy atom. The van der Waals surface area contributed by atoms with E-state index in [9.17, 15) is 4.79 Å². The molecule has 0 radical (unpaired) electrons. The molecule has 1 heterocycles. The number of alkyl halides is 1. The fraction of sp³-hybridized carbons (Fsp3) is 0.417. The highest BCUT2D eigenvalue weighted by molar-refractivity contribution is 9.09. The molecule has 0 bridgehead atoms. The molecular formula is C12H14BrNO3. The first kappa shape index (κ1) is 12.2. The molecule has 1 unspecified atom stereocenters. The molecule has 1 aliphatic heterocycles. The topological polar surface area (TPSA) is 38.8 Å². The monoisotopic (exact) mass is 299 g/mol. The molecule has 1 amide bonds. The zero-order valence-electron chi connectivity index (χ0n) is 9.77. The molecule has 1 aromatic rings. The van der Waals surface area contributed by atoms with Gasteiger partial charge in [-0.2, -0.15) is 0 Å². The van der Waals surface area contributed by atoms with Crippen LogP contribution in [0, 0.1) is 0 Å². The van der Waals surface area contributed by atoms with E-state index >= 15 is 0 Å². The van der Waals surface area contributed by atoms with Gasteiger partial charge in [-0.1, -0.05) is 22.0 Å². The molecule has 4 nitrogen and oxygen atoms in total. The van der Waals surface area contributed by atoms with Gasteiger partial charge in [-0.15, -0.1) is 0 Å². The van der Waals surface area contributed by atoms with Gasteiger partial charge in [0.2, 0.25) is 5.91 Å². The van der Waals surface area contributed by atoms with Gasteiger partial charge in [-0.3, -0.25) is 4.79 Å². The minimum Gasteiger partial charge on any atom is -0.494 e. The van der Waals surface area contributed by atoms with E-state index in [1.807, 2.05) is 18.2 Å². The molecule has 92 valence electrons. The van der Waals surface area contributed by atoms with Crippen molar-refractivity contribution >= 4 is 27.5 Å². The number of ether oxygens (including phenoxy) is 2. The van der Waals surface area contributed by atoms with Crippen LogP contribution in [0.1, 0.15) is 6.42 Å². The van der Waals surface area contributed by atoms with Crippen molar-refractivity contribution in [2.45, 2.75) is 11.2 Å². The highest BCUT2D eigenvalue weighted by atomic mass is 79.9. The van der Waals surface area contributed by atoms with Crippen LogP contribution in [0.2, 0.25) is 0 Å². The zero-order chi connectivity index (χ0) is 12.4. The van der Waals surface area contributed by atoms with Gasteiger partial charge >= 0.3 is 0 Å². The van der Waals surface area contributed by atoms with E-state index in [2.05, 4.69) is 15.9 Å². The molecule has 0 aromatic heterocycles. The molecule has 1 aliphatic rings. The summed E-state index contributed by atoms with van der Waals surface area (Å²) in [5.41, 5.74) is 0.712. The quantitative estimate of drug-likeness (QED) is 0.803. The van der Waals surface area contributed by atoms with Crippen molar-refractivity contribution in [2.24, 2.45) is 0 Å². The Morgan fingerprint density at radius 3 is 2.29 bits per heavy atom. The molecule has 17 heavy (non-hydrogen) atoms. The molecule has 1 aromatic carbocycles. The first-order valence-corrected chi connectivity index (χ1v) is 6.24. The van der Waals surface area contributed by atoms with Crippen molar-refractivity contribution in [3.63, 3.8) is 0 Å². The highest BCUT2D eigenvalue weighted by Crippen LogP contribution is 2.40. The van der Waals surface area contributed by atoms with Crippen LogP contribution < -0.4 is 14.4 Å². The van der Waals surface area contributed by atoms with E-state index in [1.165, 1.54) is 0 Å². The summed E-state index contributed by atoms with van der Waals surface area (Å²) >= 11 is 3.47. The van der Waals surface area contributed by atoms with Crippen LogP contribution >= 0.6 is 15.9 Å². The number of carbonyl (C=O) groups is 1. The Morgan fingerprint density at radius 1 is 1.29 bits per heavy atom. The van der Waals surface area contributed by atoms with Crippen molar-refractivity contribution in [2.75, 3.05) is 25.7 Å². The third-order valence-electron chi connectivity index (χ3n) is 2.75. The van der Waals surface area contributed by atoms with E-state index in [0.717, 1.165) is 0 Å². The zero-order valence-corrected chi connectivity index (χ0v) is 11.4. The first-order valence-electron chi connectivity index (χ1n) is 5.32. The van der Waals surface area contributed by atoms with E-state index < -0.39 is 0 Å². The number of rotatable bonds is 3. The summed E-state index contributed by atoms with van der Waals surface area (Å²) in [5.74, 6) is 1.38. The summed E-state index contributed by atoms with van der Waals surface area (Å²) in [7, 11) is 3.18. The Balaban J connectivity index is 2.46. The smallest absolute Gasteiger partial charge is 0.228 e. The summed E-state index contributed by atoms with van der Waals surface area (Å²) < 4.78 is 10.6. The fourth-order valence-corrected chi connectivity index (χ4v) is 2.54. The highest BCUT2D eigenvalue weighted by Gasteiger charge is 2.32. The molecule has 1 saturated heterocycles. The van der Waals surface area contributed by atoms with Crippen molar-refractivity contribution < 1.29 is 14.3 Å². The van der Waals surface area contributed by atoms with Gasteiger partial charge in [0.05, 0.1) is 14.2 Å². The number of para-hydroxylation sites is 1. The lowest BCUT2D eigenvalue weighted by molar-refractivity contribution is -0.117. The number of amides is 1. The van der Waals surface area contributed by atoms with Crippen LogP contribution in [0.3, 0.4) is 0 Å². The largest absolute Gasteiger partial charge is 0.494 e. The second-order valence-electron chi connectivity index (χ2n) is 3.82. The standard InChI is InChI=1S/C12H14BrNO3/c1-16-9-4-3-5-10(17-2)12(9)14-7-8(13)6-11(14)15/h3-5,8H,6-7H2,1-2H3. The Labute approximate surface area is 109 Å². The average Bonchev–Trinajstić information content (AvgIpc) is 2.67. The normalized spacial score (nSPS) is 19.6. The third kappa shape index (κ3) is 2.24. The Hall–Kier alpha value is -1.23. The van der Waals surface area contributed by atoms with E-state index in [4.69, 9.17) is 9.47 Å². The van der Waals surface area contributed by atoms with Gasteiger partial charge in [-0.05, 0) is 12.1 Å². The molecule has 0 aliphatic carbocycles. The van der Waals surface area contributed by atoms with Crippen LogP contribution in [-0.2, 0) is 4.79 Å². The molecule has 5 heteroatoms. The van der Waals surface area contributed by atoms with Gasteiger partial charge in [0.15, 0.2) is 0 Å². The number of nitrogens with zero attached hydrogens (tertiary/aromatic N) is 1. The van der Waals surface area contributed by atoms with Crippen LogP contribution in [0.4, 0.5) is 5.69 Å². The maximum atomic E-state index is 11.9. The van der Waals surface area contributed by atoms with Gasteiger partial charge in [0.1, 0.15) is 17.2 Å². The van der Waals surface area contributed by atoms with Gasteiger partial charge in [0.25, 0.3) is 0 Å². The van der Waals surface area contributed by atoms with Crippen LogP contribution in [0.15, 0.2) is 18.2 Å². The fourth-order valence-electron chi connectivity index (χ4n) is 1.98. The third-order valence-corrected chi connectivity index (χ3v) is 3.36. The van der Waals surface area contributed by atoms with Gasteiger partial charge in [0, 0.05) is 17.8 Å². The van der Waals surface area contributed by atoms with Crippen LogP contribution in [0.25, 0.3) is 0 Å². The van der Waals surface area contributed by atoms with Crippen molar-refractivity contribution in [1.29, 1.82) is 0 Å². The van der Waals surface area contributed by atoms with Gasteiger partial charge in [-0.25, -0.2) is 0 Å². The summed E-state index contributed by atoms with van der Waals surface area (Å²) in [6, 6.07) is 5.49. The molecule has 2 rings (SSSR count). The summed E-state index contributed by atoms with van der Waals surface area (Å²) in [5, 5.41) is 0. The molecule has 0 N–H and O–H groups in total. The van der Waals surface area contributed by atoms with E-state index in [1.54, 1.807) is 19.1 Å². The first-order chi connectivity index (χ1) is 8.17. The average molecular weight is 300 g/mol. The minimum absolute atomic E-state index is 0.0784. The number of carbonyl (C=O) groups excluding carboxylic acids is 1. The predicted molar refractivity (Wildman–Crippen MR) is 69.2 cm³/mol. The van der Waals surface area contributed by atoms with Crippen LogP contribution in [-0.4, -0.2) is 31.5 Å². The second-order valence-corrected chi connectivity index (χ2v) is 5.11. The maximum Gasteiger partial charge on any atom is 0.228 e. The van der Waals surface area contributed by atoms with Crippen LogP contribution in [0.5, 0.6) is 11.5 Å². The number of methoxy groups -OCH3 is 2. The maximum absolute atomic E-state index is 11.9. The number of hydrogen-bond acceptors (Lipinski definition) is 3. The summed E-state index contributed by atoms with van der Waals surface area (Å²) in [6.45, 7) is 0.634. The summed E-state index contributed by atoms with van der Waals surface area (Å²) in [6.07, 6.45) is 0.501. The SMILES string of the molecule is COc1cccc(OC)c1N1CC(Br)CC1=O. The van der Waals surface area contributed by atoms with E-state index in [0.29, 0.717) is 30.2 Å². The predicted octanol–water partition coefficient (Wildman–Crippen LogP) is 2.20. The lowest BCUT2D eigenvalue weighted by Gasteiger charge is -2.21. The van der Waals surface area contributed by atoms with Crippen molar-refractivity contribution in [3.8, 4) is 11.5 Å². The van der Waals surface area contributed by atoms with Crippen molar-refractivity contribution in [1.82, 2.24) is 0 Å². The number of hydrogen-bond donors (Lipinski definition) is 0. The molecule has 0 saturated carbocycles. The minimum atomic E-state index is 0.0784. The summed E-state index contributed by atoms with van der Waals surface area (Å²) in [4.78, 5) is 13.8. The van der Waals surface area contributed by atoms with Gasteiger partial charge < -0.3 is 14.4 Å². The second kappa shape index (κ2) is 4.96. The molecular weight excluding hydrogens is 286 g/mol. The van der Waals surface area contributed by atoms with E-state index in [-0.39, 0.29) is 10.7 Å². The number of anilines is 1. The lowest BCUT2D eigenvalue weighted by atomic mass is 10.2. The molecule has 1 fully saturated rings. The Bertz CT molecular complexity index is 414.